The van der Waals surface area contributed by atoms with Crippen LogP contribution < -0.4 is 5.32 Å². The second-order valence-corrected chi connectivity index (χ2v) is 4.14. The van der Waals surface area contributed by atoms with E-state index in [4.69, 9.17) is 0 Å². The summed E-state index contributed by atoms with van der Waals surface area (Å²) in [5.41, 5.74) is 0.557. The lowest BCUT2D eigenvalue weighted by atomic mass is 10.1. The predicted molar refractivity (Wildman–Crippen MR) is 61.6 cm³/mol. The highest BCUT2D eigenvalue weighted by Crippen LogP contribution is 2.28. The van der Waals surface area contributed by atoms with E-state index in [1.54, 1.807) is 13.0 Å². The van der Waals surface area contributed by atoms with Crippen molar-refractivity contribution in [3.05, 3.63) is 33.9 Å². The molecule has 0 bridgehead atoms. The van der Waals surface area contributed by atoms with Gasteiger partial charge < -0.3 is 5.32 Å². The van der Waals surface area contributed by atoms with Crippen LogP contribution in [0.25, 0.3) is 0 Å². The minimum Gasteiger partial charge on any atom is -0.377 e. The van der Waals surface area contributed by atoms with E-state index >= 15 is 0 Å². The molecule has 0 saturated carbocycles. The minimum absolute atomic E-state index is 0.0994. The molecule has 0 amide bonds. The highest BCUT2D eigenvalue weighted by atomic mass is 19.4. The first-order valence-corrected chi connectivity index (χ1v) is 5.27. The molecule has 1 N–H and O–H groups in total. The number of alkyl halides is 3. The molecule has 1 aromatic rings. The average molecular weight is 262 g/mol. The average Bonchev–Trinajstić information content (AvgIpc) is 2.17. The van der Waals surface area contributed by atoms with Crippen LogP contribution in [0.3, 0.4) is 0 Å². The van der Waals surface area contributed by atoms with E-state index in [0.29, 0.717) is 5.56 Å². The zero-order valence-electron chi connectivity index (χ0n) is 9.91. The second-order valence-electron chi connectivity index (χ2n) is 4.14. The Morgan fingerprint density at radius 2 is 2.06 bits per heavy atom. The molecular weight excluding hydrogens is 249 g/mol. The molecule has 0 aliphatic heterocycles. The molecule has 0 aliphatic rings. The van der Waals surface area contributed by atoms with Crippen LogP contribution in [0.1, 0.15) is 18.9 Å². The van der Waals surface area contributed by atoms with Crippen LogP contribution in [0.2, 0.25) is 0 Å². The molecule has 1 rings (SSSR count). The summed E-state index contributed by atoms with van der Waals surface area (Å²) in [6, 6.07) is 3.42. The SMILES string of the molecule is Cc1ccc(NC(C)CC(F)(F)F)c([N+](=O)[O-])c1. The number of hydrogen-bond acceptors (Lipinski definition) is 3. The summed E-state index contributed by atoms with van der Waals surface area (Å²) < 4.78 is 36.5. The Hall–Kier alpha value is -1.79. The first kappa shape index (κ1) is 14.3. The zero-order valence-corrected chi connectivity index (χ0v) is 9.91. The van der Waals surface area contributed by atoms with Gasteiger partial charge in [0, 0.05) is 12.1 Å². The molecular formula is C11H13F3N2O2. The van der Waals surface area contributed by atoms with Crippen molar-refractivity contribution in [2.75, 3.05) is 5.32 Å². The molecule has 0 aliphatic carbocycles. The van der Waals surface area contributed by atoms with E-state index in [0.717, 1.165) is 0 Å². The number of nitrogens with one attached hydrogen (secondary N) is 1. The lowest BCUT2D eigenvalue weighted by molar-refractivity contribution is -0.384. The van der Waals surface area contributed by atoms with Crippen molar-refractivity contribution in [2.45, 2.75) is 32.5 Å². The number of benzene rings is 1. The van der Waals surface area contributed by atoms with Gasteiger partial charge >= 0.3 is 6.18 Å². The smallest absolute Gasteiger partial charge is 0.377 e. The van der Waals surface area contributed by atoms with Crippen LogP contribution in [0.5, 0.6) is 0 Å². The normalized spacial score (nSPS) is 13.2. The van der Waals surface area contributed by atoms with Crippen LogP contribution in [0, 0.1) is 17.0 Å². The summed E-state index contributed by atoms with van der Waals surface area (Å²) in [5.74, 6) is 0. The van der Waals surface area contributed by atoms with Crippen LogP contribution in [-0.2, 0) is 0 Å². The minimum atomic E-state index is -4.30. The lowest BCUT2D eigenvalue weighted by Gasteiger charge is -2.17. The first-order valence-electron chi connectivity index (χ1n) is 5.27. The Kier molecular flexibility index (Phi) is 4.15. The number of nitro benzene ring substituents is 1. The predicted octanol–water partition coefficient (Wildman–Crippen LogP) is 3.66. The molecule has 1 atom stereocenters. The fraction of sp³-hybridized carbons (Fsp3) is 0.455. The second kappa shape index (κ2) is 5.24. The Bertz CT molecular complexity index is 446. The molecule has 0 fully saturated rings. The number of halogens is 3. The third kappa shape index (κ3) is 4.23. The van der Waals surface area contributed by atoms with Crippen LogP contribution in [0.4, 0.5) is 24.5 Å². The summed E-state index contributed by atoms with van der Waals surface area (Å²) in [6.07, 6.45) is -5.34. The molecule has 0 aromatic heterocycles. The van der Waals surface area contributed by atoms with Gasteiger partial charge in [0.1, 0.15) is 5.69 Å². The molecule has 18 heavy (non-hydrogen) atoms. The maximum absolute atomic E-state index is 12.2. The van der Waals surface area contributed by atoms with Gasteiger partial charge in [0.15, 0.2) is 0 Å². The standard InChI is InChI=1S/C11H13F3N2O2/c1-7-3-4-9(10(5-7)16(17)18)15-8(2)6-11(12,13)14/h3-5,8,15H,6H2,1-2H3. The maximum atomic E-state index is 12.2. The van der Waals surface area contributed by atoms with Crippen molar-refractivity contribution in [1.82, 2.24) is 0 Å². The first-order chi connectivity index (χ1) is 8.19. The highest BCUT2D eigenvalue weighted by molar-refractivity contribution is 5.62. The van der Waals surface area contributed by atoms with Gasteiger partial charge in [0.2, 0.25) is 0 Å². The maximum Gasteiger partial charge on any atom is 0.391 e. The molecule has 0 heterocycles. The third-order valence-electron chi connectivity index (χ3n) is 2.29. The Morgan fingerprint density at radius 1 is 1.44 bits per heavy atom. The van der Waals surface area contributed by atoms with Gasteiger partial charge in [0.25, 0.3) is 5.69 Å². The van der Waals surface area contributed by atoms with Crippen LogP contribution >= 0.6 is 0 Å². The molecule has 0 spiro atoms. The largest absolute Gasteiger partial charge is 0.391 e. The van der Waals surface area contributed by atoms with E-state index in [1.807, 2.05) is 0 Å². The number of aryl methyl sites for hydroxylation is 1. The number of anilines is 1. The molecule has 0 saturated heterocycles. The van der Waals surface area contributed by atoms with Crippen molar-refractivity contribution >= 4 is 11.4 Å². The van der Waals surface area contributed by atoms with Gasteiger partial charge in [-0.25, -0.2) is 0 Å². The number of hydrogen-bond donors (Lipinski definition) is 1. The van der Waals surface area contributed by atoms with Crippen molar-refractivity contribution in [1.29, 1.82) is 0 Å². The molecule has 1 unspecified atom stereocenters. The summed E-state index contributed by atoms with van der Waals surface area (Å²) >= 11 is 0. The van der Waals surface area contributed by atoms with Gasteiger partial charge in [-0.1, -0.05) is 6.07 Å². The topological polar surface area (TPSA) is 55.2 Å². The van der Waals surface area contributed by atoms with E-state index in [1.165, 1.54) is 19.1 Å². The summed E-state index contributed by atoms with van der Waals surface area (Å²) in [6.45, 7) is 3.01. The lowest BCUT2D eigenvalue weighted by Crippen LogP contribution is -2.24. The summed E-state index contributed by atoms with van der Waals surface area (Å²) in [5, 5.41) is 13.3. The summed E-state index contributed by atoms with van der Waals surface area (Å²) in [4.78, 5) is 10.2. The fourth-order valence-electron chi connectivity index (χ4n) is 1.58. The molecule has 0 radical (unpaired) electrons. The van der Waals surface area contributed by atoms with Gasteiger partial charge in [-0.2, -0.15) is 13.2 Å². The Balaban J connectivity index is 2.87. The molecule has 1 aromatic carbocycles. The van der Waals surface area contributed by atoms with Gasteiger partial charge in [0.05, 0.1) is 11.3 Å². The van der Waals surface area contributed by atoms with Gasteiger partial charge in [-0.05, 0) is 25.5 Å². The van der Waals surface area contributed by atoms with Crippen molar-refractivity contribution < 1.29 is 18.1 Å². The monoisotopic (exact) mass is 262 g/mol. The molecule has 7 heteroatoms. The van der Waals surface area contributed by atoms with Crippen molar-refractivity contribution in [3.63, 3.8) is 0 Å². The van der Waals surface area contributed by atoms with E-state index in [2.05, 4.69) is 5.32 Å². The molecule has 4 nitrogen and oxygen atoms in total. The number of nitrogens with zero attached hydrogens (tertiary/aromatic N) is 1. The quantitative estimate of drug-likeness (QED) is 0.665. The van der Waals surface area contributed by atoms with Gasteiger partial charge in [-0.15, -0.1) is 0 Å². The number of nitro groups is 1. The highest BCUT2D eigenvalue weighted by Gasteiger charge is 2.30. The van der Waals surface area contributed by atoms with E-state index in [-0.39, 0.29) is 11.4 Å². The third-order valence-corrected chi connectivity index (χ3v) is 2.29. The van der Waals surface area contributed by atoms with Crippen molar-refractivity contribution in [3.8, 4) is 0 Å². The molecule has 100 valence electrons. The Labute approximate surface area is 102 Å². The Morgan fingerprint density at radius 3 is 2.56 bits per heavy atom. The van der Waals surface area contributed by atoms with Crippen molar-refractivity contribution in [2.24, 2.45) is 0 Å². The fourth-order valence-corrected chi connectivity index (χ4v) is 1.58. The van der Waals surface area contributed by atoms with Gasteiger partial charge in [-0.3, -0.25) is 10.1 Å². The van der Waals surface area contributed by atoms with E-state index in [9.17, 15) is 23.3 Å². The summed E-state index contributed by atoms with van der Waals surface area (Å²) in [7, 11) is 0. The van der Waals surface area contributed by atoms with Crippen LogP contribution in [0.15, 0.2) is 18.2 Å². The van der Waals surface area contributed by atoms with E-state index < -0.39 is 23.6 Å². The van der Waals surface area contributed by atoms with Crippen LogP contribution in [-0.4, -0.2) is 17.1 Å². The zero-order chi connectivity index (χ0) is 13.9. The number of rotatable bonds is 4.